The summed E-state index contributed by atoms with van der Waals surface area (Å²) in [6.07, 6.45) is -10.2. The first-order chi connectivity index (χ1) is 20.0. The molecule has 0 aliphatic rings. The zero-order valence-electron chi connectivity index (χ0n) is 21.9. The van der Waals surface area contributed by atoms with E-state index in [1.54, 1.807) is 36.4 Å². The zero-order valence-corrected chi connectivity index (χ0v) is 21.9. The highest BCUT2D eigenvalue weighted by Gasteiger charge is 2.38. The van der Waals surface area contributed by atoms with Crippen LogP contribution >= 0.6 is 0 Å². The van der Waals surface area contributed by atoms with Gasteiger partial charge in [0.15, 0.2) is 0 Å². The molecule has 0 unspecified atom stereocenters. The molecule has 0 aliphatic carbocycles. The molecule has 232 valence electrons. The normalized spacial score (nSPS) is 11.4. The van der Waals surface area contributed by atoms with E-state index in [0.717, 1.165) is 11.1 Å². The Morgan fingerprint density at radius 1 is 0.698 bits per heavy atom. The Morgan fingerprint density at radius 3 is 1.63 bits per heavy atom. The quantitative estimate of drug-likeness (QED) is 0.215. The molecule has 1 atom stereocenters. The molecular weight excluding hydrogens is 590 g/mol. The minimum atomic E-state index is -5.08. The van der Waals surface area contributed by atoms with E-state index >= 15 is 0 Å². The molecule has 3 aromatic carbocycles. The first kappa shape index (κ1) is 36.1. The molecular formula is C27H26F6N4O6. The third kappa shape index (κ3) is 13.0. The fraction of sp³-hybridized carbons (Fsp3) is 0.185. The van der Waals surface area contributed by atoms with Crippen molar-refractivity contribution in [1.29, 1.82) is 0 Å². The number of rotatable bonds is 7. The molecule has 0 aromatic heterocycles. The first-order valence-corrected chi connectivity index (χ1v) is 11.8. The summed E-state index contributed by atoms with van der Waals surface area (Å²) in [7, 11) is 0. The van der Waals surface area contributed by atoms with Crippen molar-refractivity contribution in [1.82, 2.24) is 5.32 Å². The number of nitrogens with one attached hydrogen (secondary N) is 2. The summed E-state index contributed by atoms with van der Waals surface area (Å²) >= 11 is 0. The highest BCUT2D eigenvalue weighted by atomic mass is 19.4. The highest BCUT2D eigenvalue weighted by molar-refractivity contribution is 6.01. The van der Waals surface area contributed by atoms with E-state index in [-0.39, 0.29) is 11.8 Å². The number of nitrogens with two attached hydrogens (primary N) is 2. The standard InChI is InChI=1S/C23H24N4O2.2C2HF3O2/c24-14-16-6-4-10-19(12-16)22(28)27-21(18-8-2-1-3-9-18)23(29)26-20-11-5-7-17(13-20)15-25;2*3-2(4,5)1(6)7/h1-13,21H,14-15,24-25H2,(H,26,29)(H,27,28);2*(H,6,7)/t21-;;/m1../s1. The minimum absolute atomic E-state index is 0.335. The fourth-order valence-electron chi connectivity index (χ4n) is 2.99. The zero-order chi connectivity index (χ0) is 32.8. The van der Waals surface area contributed by atoms with E-state index in [2.05, 4.69) is 10.6 Å². The molecule has 0 spiro atoms. The fourth-order valence-corrected chi connectivity index (χ4v) is 2.99. The van der Waals surface area contributed by atoms with Gasteiger partial charge in [0.25, 0.3) is 11.8 Å². The molecule has 0 saturated heterocycles. The van der Waals surface area contributed by atoms with Crippen molar-refractivity contribution in [3.8, 4) is 0 Å². The second-order valence-corrected chi connectivity index (χ2v) is 8.22. The van der Waals surface area contributed by atoms with Gasteiger partial charge in [0.2, 0.25) is 0 Å². The monoisotopic (exact) mass is 616 g/mol. The number of carboxylic acid groups (broad SMARTS) is 2. The average molecular weight is 617 g/mol. The smallest absolute Gasteiger partial charge is 0.475 e. The lowest BCUT2D eigenvalue weighted by Gasteiger charge is -2.19. The number of carbonyl (C=O) groups is 4. The molecule has 10 nitrogen and oxygen atoms in total. The predicted molar refractivity (Wildman–Crippen MR) is 141 cm³/mol. The minimum Gasteiger partial charge on any atom is -0.475 e. The molecule has 3 aromatic rings. The number of carboxylic acids is 2. The molecule has 16 heteroatoms. The molecule has 2 amide bonds. The van der Waals surface area contributed by atoms with E-state index < -0.39 is 30.3 Å². The first-order valence-electron chi connectivity index (χ1n) is 11.8. The number of carbonyl (C=O) groups excluding carboxylic acids is 2. The Bertz CT molecular complexity index is 1360. The molecule has 0 saturated carbocycles. The maximum Gasteiger partial charge on any atom is 0.490 e. The van der Waals surface area contributed by atoms with Gasteiger partial charge in [0.05, 0.1) is 0 Å². The number of aliphatic carboxylic acids is 2. The summed E-state index contributed by atoms with van der Waals surface area (Å²) in [5, 5.41) is 19.9. The Morgan fingerprint density at radius 2 is 1.16 bits per heavy atom. The van der Waals surface area contributed by atoms with Crippen LogP contribution in [0.4, 0.5) is 32.0 Å². The Kier molecular flexibility index (Phi) is 13.8. The van der Waals surface area contributed by atoms with Gasteiger partial charge >= 0.3 is 24.3 Å². The van der Waals surface area contributed by atoms with Gasteiger partial charge in [-0.1, -0.05) is 54.6 Å². The molecule has 0 radical (unpaired) electrons. The van der Waals surface area contributed by atoms with E-state index in [1.807, 2.05) is 42.5 Å². The van der Waals surface area contributed by atoms with Gasteiger partial charge in [0.1, 0.15) is 6.04 Å². The highest BCUT2D eigenvalue weighted by Crippen LogP contribution is 2.19. The van der Waals surface area contributed by atoms with E-state index in [9.17, 15) is 35.9 Å². The number of halogens is 6. The number of hydrogen-bond acceptors (Lipinski definition) is 6. The van der Waals surface area contributed by atoms with E-state index in [1.165, 1.54) is 0 Å². The van der Waals surface area contributed by atoms with Crippen LogP contribution in [0.25, 0.3) is 0 Å². The SMILES string of the molecule is NCc1cccc(NC(=O)[C@H](NC(=O)c2cccc(CN)c2)c2ccccc2)c1.O=C(O)C(F)(F)F.O=C(O)C(F)(F)F. The van der Waals surface area contributed by atoms with Crippen LogP contribution in [0.2, 0.25) is 0 Å². The lowest BCUT2D eigenvalue weighted by atomic mass is 10.0. The van der Waals surface area contributed by atoms with E-state index in [0.29, 0.717) is 29.9 Å². The van der Waals surface area contributed by atoms with Crippen molar-refractivity contribution in [2.45, 2.75) is 31.5 Å². The van der Waals surface area contributed by atoms with Gasteiger partial charge in [-0.25, -0.2) is 9.59 Å². The van der Waals surface area contributed by atoms with Crippen LogP contribution in [0.15, 0.2) is 78.9 Å². The summed E-state index contributed by atoms with van der Waals surface area (Å²) in [6.45, 7) is 0.710. The van der Waals surface area contributed by atoms with Crippen molar-refractivity contribution in [3.05, 3.63) is 101 Å². The van der Waals surface area contributed by atoms with Crippen LogP contribution in [0.1, 0.15) is 33.1 Å². The Labute approximate surface area is 240 Å². The van der Waals surface area contributed by atoms with E-state index in [4.69, 9.17) is 31.3 Å². The number of anilines is 1. The van der Waals surface area contributed by atoms with Gasteiger partial charge in [-0.3, -0.25) is 9.59 Å². The number of amides is 2. The van der Waals surface area contributed by atoms with Crippen LogP contribution in [0, 0.1) is 0 Å². The van der Waals surface area contributed by atoms with Crippen LogP contribution in [0.5, 0.6) is 0 Å². The Hall–Kier alpha value is -4.96. The number of alkyl halides is 6. The lowest BCUT2D eigenvalue weighted by molar-refractivity contribution is -0.193. The molecule has 8 N–H and O–H groups in total. The molecule has 0 bridgehead atoms. The summed E-state index contributed by atoms with van der Waals surface area (Å²) in [6, 6.07) is 22.6. The van der Waals surface area contributed by atoms with Gasteiger partial charge in [-0.15, -0.1) is 0 Å². The summed E-state index contributed by atoms with van der Waals surface area (Å²) in [4.78, 5) is 43.6. The van der Waals surface area contributed by atoms with Crippen molar-refractivity contribution < 1.29 is 55.7 Å². The second-order valence-electron chi connectivity index (χ2n) is 8.22. The third-order valence-corrected chi connectivity index (χ3v) is 5.01. The lowest BCUT2D eigenvalue weighted by Crippen LogP contribution is -2.37. The van der Waals surface area contributed by atoms with Crippen molar-refractivity contribution in [2.24, 2.45) is 11.5 Å². The van der Waals surface area contributed by atoms with Crippen molar-refractivity contribution in [2.75, 3.05) is 5.32 Å². The van der Waals surface area contributed by atoms with Gasteiger partial charge in [-0.2, -0.15) is 26.3 Å². The van der Waals surface area contributed by atoms with Crippen LogP contribution in [0.3, 0.4) is 0 Å². The summed E-state index contributed by atoms with van der Waals surface area (Å²) < 4.78 is 63.5. The van der Waals surface area contributed by atoms with Crippen molar-refractivity contribution >= 4 is 29.4 Å². The summed E-state index contributed by atoms with van der Waals surface area (Å²) in [5.41, 5.74) is 14.8. The van der Waals surface area contributed by atoms with Crippen LogP contribution in [-0.2, 0) is 27.5 Å². The second kappa shape index (κ2) is 16.5. The van der Waals surface area contributed by atoms with Crippen molar-refractivity contribution in [3.63, 3.8) is 0 Å². The number of hydrogen-bond donors (Lipinski definition) is 6. The third-order valence-electron chi connectivity index (χ3n) is 5.01. The topological polar surface area (TPSA) is 185 Å². The molecule has 3 rings (SSSR count). The van der Waals surface area contributed by atoms with Crippen LogP contribution in [-0.4, -0.2) is 46.3 Å². The molecule has 0 fully saturated rings. The Balaban J connectivity index is 0.000000548. The largest absolute Gasteiger partial charge is 0.490 e. The van der Waals surface area contributed by atoms with Gasteiger partial charge in [-0.05, 0) is 41.0 Å². The maximum atomic E-state index is 13.0. The molecule has 0 aliphatic heterocycles. The van der Waals surface area contributed by atoms with Gasteiger partial charge in [0, 0.05) is 24.3 Å². The predicted octanol–water partition coefficient (Wildman–Crippen LogP) is 3.98. The maximum absolute atomic E-state index is 13.0. The molecule has 0 heterocycles. The van der Waals surface area contributed by atoms with Crippen LogP contribution < -0.4 is 22.1 Å². The number of benzene rings is 3. The van der Waals surface area contributed by atoms with Gasteiger partial charge < -0.3 is 32.3 Å². The average Bonchev–Trinajstić information content (AvgIpc) is 2.96. The summed E-state index contributed by atoms with van der Waals surface area (Å²) in [5.74, 6) is -6.20. The molecule has 43 heavy (non-hydrogen) atoms.